The number of carbonyl (C=O) groups excluding carboxylic acids is 3. The van der Waals surface area contributed by atoms with Crippen LogP contribution in [0.5, 0.6) is 0 Å². The van der Waals surface area contributed by atoms with Crippen LogP contribution in [0.15, 0.2) is 87.5 Å². The summed E-state index contributed by atoms with van der Waals surface area (Å²) < 4.78 is 15.0. The van der Waals surface area contributed by atoms with Gasteiger partial charge in [0.1, 0.15) is 0 Å². The van der Waals surface area contributed by atoms with Crippen molar-refractivity contribution in [3.8, 4) is 0 Å². The van der Waals surface area contributed by atoms with Gasteiger partial charge in [0.25, 0.3) is 0 Å². The maximum absolute atomic E-state index is 12.6. The Morgan fingerprint density at radius 2 is 0.750 bits per heavy atom. The third-order valence-electron chi connectivity index (χ3n) is 4.90. The molecule has 212 valence electrons. The van der Waals surface area contributed by atoms with Gasteiger partial charge in [-0.1, -0.05) is 88.4 Å². The Labute approximate surface area is 245 Å². The highest BCUT2D eigenvalue weighted by Gasteiger charge is 2.35. The molecule has 0 aliphatic carbocycles. The molecule has 0 saturated heterocycles. The molecule has 3 aromatic rings. The van der Waals surface area contributed by atoms with Crippen LogP contribution in [0.25, 0.3) is 0 Å². The smallest absolute Gasteiger partial charge is 0.372 e. The van der Waals surface area contributed by atoms with Crippen molar-refractivity contribution in [2.45, 2.75) is 51.8 Å². The summed E-state index contributed by atoms with van der Waals surface area (Å²) in [5.74, 6) is -3.75. The number of rotatable bonds is 12. The Morgan fingerprint density at radius 1 is 0.525 bits per heavy atom. The molecule has 3 atom stereocenters. The fraction of sp³-hybridized carbons (Fsp3) is 0.222. The first kappa shape index (κ1) is 32.0. The molecule has 0 aliphatic heterocycles. The third kappa shape index (κ3) is 10.4. The molecule has 3 unspecified atom stereocenters. The standard InChI is InChI=1S/C27H27O9PS3/c1-16-4-10-19(11-5-16)38-25(31)22(28)34-37(35-23(29)26(32)39-20-12-6-17(2)7-13-20)36-24(30)27(33)40-21-14-8-18(3)9-15-21/h4-15,25-27,31-33H,1-3H3. The fourth-order valence-electron chi connectivity index (χ4n) is 2.79. The second-order valence-corrected chi connectivity index (χ2v) is 12.8. The van der Waals surface area contributed by atoms with E-state index in [-0.39, 0.29) is 0 Å². The van der Waals surface area contributed by atoms with Gasteiger partial charge in [0.15, 0.2) is 0 Å². The molecule has 9 nitrogen and oxygen atoms in total. The zero-order valence-corrected chi connectivity index (χ0v) is 25.0. The minimum Gasteiger partial charge on any atom is -0.372 e. The van der Waals surface area contributed by atoms with E-state index in [0.29, 0.717) is 14.7 Å². The molecule has 0 fully saturated rings. The molecule has 0 spiro atoms. The average Bonchev–Trinajstić information content (AvgIpc) is 2.92. The number of benzene rings is 3. The van der Waals surface area contributed by atoms with E-state index >= 15 is 0 Å². The lowest BCUT2D eigenvalue weighted by Crippen LogP contribution is -2.25. The summed E-state index contributed by atoms with van der Waals surface area (Å²) in [6.45, 7) is 5.64. The fourth-order valence-corrected chi connectivity index (χ4v) is 5.95. The zero-order valence-electron chi connectivity index (χ0n) is 21.6. The molecule has 0 aliphatic rings. The van der Waals surface area contributed by atoms with Crippen molar-refractivity contribution in [2.24, 2.45) is 0 Å². The third-order valence-corrected chi connectivity index (χ3v) is 8.77. The minimum absolute atomic E-state index is 0.559. The van der Waals surface area contributed by atoms with Gasteiger partial charge >= 0.3 is 26.5 Å². The maximum atomic E-state index is 12.6. The summed E-state index contributed by atoms with van der Waals surface area (Å²) in [6.07, 6.45) is 0. The van der Waals surface area contributed by atoms with Gasteiger partial charge in [-0.15, -0.1) is 0 Å². The van der Waals surface area contributed by atoms with Crippen molar-refractivity contribution >= 4 is 61.8 Å². The predicted octanol–water partition coefficient (Wildman–Crippen LogP) is 5.10. The van der Waals surface area contributed by atoms with Crippen molar-refractivity contribution in [3.63, 3.8) is 0 Å². The van der Waals surface area contributed by atoms with Crippen molar-refractivity contribution in [3.05, 3.63) is 89.5 Å². The summed E-state index contributed by atoms with van der Waals surface area (Å²) in [5.41, 5.74) is -2.30. The van der Waals surface area contributed by atoms with Gasteiger partial charge in [0.2, 0.25) is 16.3 Å². The lowest BCUT2D eigenvalue weighted by Gasteiger charge is -2.19. The van der Waals surface area contributed by atoms with E-state index in [1.54, 1.807) is 72.8 Å². The average molecular weight is 623 g/mol. The lowest BCUT2D eigenvalue weighted by atomic mass is 10.2. The molecule has 0 radical (unpaired) electrons. The van der Waals surface area contributed by atoms with Crippen molar-refractivity contribution in [1.82, 2.24) is 0 Å². The van der Waals surface area contributed by atoms with Gasteiger partial charge in [-0.3, -0.25) is 0 Å². The van der Waals surface area contributed by atoms with E-state index in [2.05, 4.69) is 0 Å². The number of hydrogen-bond acceptors (Lipinski definition) is 12. The number of carbonyl (C=O) groups is 3. The van der Waals surface area contributed by atoms with Crippen LogP contribution in [0.3, 0.4) is 0 Å². The Kier molecular flexibility index (Phi) is 12.3. The van der Waals surface area contributed by atoms with Crippen LogP contribution in [0.2, 0.25) is 0 Å². The first-order valence-corrected chi connectivity index (χ1v) is 15.4. The molecule has 0 saturated carbocycles. The summed E-state index contributed by atoms with van der Waals surface area (Å²) in [7, 11) is -3.08. The number of aryl methyl sites for hydroxylation is 3. The van der Waals surface area contributed by atoms with Crippen LogP contribution in [-0.2, 0) is 28.0 Å². The highest BCUT2D eigenvalue weighted by atomic mass is 32.2. The molecular formula is C27H27O9PS3. The van der Waals surface area contributed by atoms with Gasteiger partial charge < -0.3 is 28.9 Å². The highest BCUT2D eigenvalue weighted by molar-refractivity contribution is 8.01. The quantitative estimate of drug-likeness (QED) is 0.141. The largest absolute Gasteiger partial charge is 0.537 e. The van der Waals surface area contributed by atoms with Crippen molar-refractivity contribution in [1.29, 1.82) is 0 Å². The van der Waals surface area contributed by atoms with E-state index in [0.717, 1.165) is 52.0 Å². The number of thioether (sulfide) groups is 3. The molecule has 13 heteroatoms. The minimum atomic E-state index is -3.08. The van der Waals surface area contributed by atoms with Crippen LogP contribution in [0.4, 0.5) is 0 Å². The van der Waals surface area contributed by atoms with E-state index < -0.39 is 42.8 Å². The molecule has 0 heterocycles. The van der Waals surface area contributed by atoms with Crippen LogP contribution >= 0.6 is 43.9 Å². The van der Waals surface area contributed by atoms with Crippen LogP contribution in [0.1, 0.15) is 16.7 Å². The van der Waals surface area contributed by atoms with Crippen LogP contribution in [0, 0.1) is 20.8 Å². The molecule has 3 rings (SSSR count). The lowest BCUT2D eigenvalue weighted by molar-refractivity contribution is -0.148. The summed E-state index contributed by atoms with van der Waals surface area (Å²) in [4.78, 5) is 39.4. The summed E-state index contributed by atoms with van der Waals surface area (Å²) >= 11 is 2.29. The number of aliphatic hydroxyl groups excluding tert-OH is 3. The molecule has 0 aromatic heterocycles. The molecule has 40 heavy (non-hydrogen) atoms. The first-order chi connectivity index (χ1) is 19.0. The highest BCUT2D eigenvalue weighted by Crippen LogP contribution is 2.43. The Morgan fingerprint density at radius 3 is 0.975 bits per heavy atom. The molecule has 0 amide bonds. The second-order valence-electron chi connectivity index (χ2n) is 8.30. The SMILES string of the molecule is Cc1ccc(SC(O)C(=O)OP(OC(=O)C(O)Sc2ccc(C)cc2)OC(=O)C(O)Sc2ccc(C)cc2)cc1. The number of aliphatic hydroxyl groups is 3. The Balaban J connectivity index is 1.67. The van der Waals surface area contributed by atoms with E-state index in [1.165, 1.54) is 0 Å². The van der Waals surface area contributed by atoms with Crippen molar-refractivity contribution < 1.29 is 43.3 Å². The molecule has 3 N–H and O–H groups in total. The molecule has 3 aromatic carbocycles. The second kappa shape index (κ2) is 15.4. The molecular weight excluding hydrogens is 595 g/mol. The number of hydrogen-bond donors (Lipinski definition) is 3. The maximum Gasteiger partial charge on any atom is 0.537 e. The van der Waals surface area contributed by atoms with Crippen molar-refractivity contribution in [2.75, 3.05) is 0 Å². The van der Waals surface area contributed by atoms with E-state index in [1.807, 2.05) is 20.8 Å². The normalized spacial score (nSPS) is 13.9. The Hall–Kier alpha value is -2.57. The van der Waals surface area contributed by atoms with E-state index in [4.69, 9.17) is 13.6 Å². The van der Waals surface area contributed by atoms with Crippen LogP contribution in [-0.4, -0.2) is 49.5 Å². The van der Waals surface area contributed by atoms with E-state index in [9.17, 15) is 29.7 Å². The van der Waals surface area contributed by atoms with Crippen LogP contribution < -0.4 is 0 Å². The summed E-state index contributed by atoms with van der Waals surface area (Å²) in [6, 6.07) is 20.9. The van der Waals surface area contributed by atoms with Gasteiger partial charge in [-0.2, -0.15) is 0 Å². The monoisotopic (exact) mass is 622 g/mol. The van der Waals surface area contributed by atoms with Gasteiger partial charge in [-0.25, -0.2) is 14.4 Å². The predicted molar refractivity (Wildman–Crippen MR) is 154 cm³/mol. The Bertz CT molecular complexity index is 1130. The van der Waals surface area contributed by atoms with Gasteiger partial charge in [-0.05, 0) is 57.2 Å². The molecule has 0 bridgehead atoms. The van der Waals surface area contributed by atoms with Gasteiger partial charge in [0.05, 0.1) is 0 Å². The topological polar surface area (TPSA) is 140 Å². The summed E-state index contributed by atoms with van der Waals surface area (Å²) in [5, 5.41) is 31.0. The van der Waals surface area contributed by atoms with Gasteiger partial charge in [0, 0.05) is 14.7 Å². The first-order valence-electron chi connectivity index (χ1n) is 11.7. The zero-order chi connectivity index (χ0) is 29.2.